The molecule has 0 spiro atoms. The second kappa shape index (κ2) is 13.7. The average molecular weight is 549 g/mol. The van der Waals surface area contributed by atoms with E-state index in [9.17, 15) is 0 Å². The predicted molar refractivity (Wildman–Crippen MR) is 171 cm³/mol. The lowest BCUT2D eigenvalue weighted by Gasteiger charge is -2.44. The van der Waals surface area contributed by atoms with Crippen molar-refractivity contribution in [2.24, 2.45) is 71.0 Å². The third-order valence-corrected chi connectivity index (χ3v) is 15.9. The summed E-state index contributed by atoms with van der Waals surface area (Å²) in [6.45, 7) is 0. The molecule has 0 nitrogen and oxygen atoms in total. The SMILES string of the molecule is C1CCC(C2CCC(C3CCC(C4CCC(C5CCC(C6CCC(C7CCCC7)CC6)CC5)CC4)CC3)CC2)C1. The zero-order valence-electron chi connectivity index (χ0n) is 26.7. The molecule has 0 unspecified atom stereocenters. The van der Waals surface area contributed by atoms with E-state index in [0.717, 1.165) is 71.0 Å². The van der Waals surface area contributed by atoms with Gasteiger partial charge in [-0.05, 0) is 199 Å². The Bertz CT molecular complexity index is 652. The van der Waals surface area contributed by atoms with E-state index in [1.165, 1.54) is 0 Å². The van der Waals surface area contributed by atoms with Crippen molar-refractivity contribution >= 4 is 0 Å². The quantitative estimate of drug-likeness (QED) is 0.309. The van der Waals surface area contributed by atoms with E-state index in [2.05, 4.69) is 0 Å². The Labute approximate surface area is 250 Å². The van der Waals surface area contributed by atoms with Crippen molar-refractivity contribution in [3.63, 3.8) is 0 Å². The molecule has 228 valence electrons. The highest BCUT2D eigenvalue weighted by Crippen LogP contribution is 2.51. The first-order valence-corrected chi connectivity index (χ1v) is 19.8. The predicted octanol–water partition coefficient (Wildman–Crippen LogP) is 12.4. The van der Waals surface area contributed by atoms with E-state index in [-0.39, 0.29) is 0 Å². The molecule has 0 bridgehead atoms. The second-order valence-corrected chi connectivity index (χ2v) is 17.5. The van der Waals surface area contributed by atoms with Gasteiger partial charge in [0, 0.05) is 0 Å². The summed E-state index contributed by atoms with van der Waals surface area (Å²) in [5.74, 6) is 13.4. The third-order valence-electron chi connectivity index (χ3n) is 15.9. The Morgan fingerprint density at radius 3 is 0.350 bits per heavy atom. The molecular formula is C40H68. The smallest absolute Gasteiger partial charge is 0.0386 e. The van der Waals surface area contributed by atoms with Crippen LogP contribution >= 0.6 is 0 Å². The maximum Gasteiger partial charge on any atom is -0.0386 e. The van der Waals surface area contributed by atoms with Gasteiger partial charge in [-0.15, -0.1) is 0 Å². The summed E-state index contributed by atoms with van der Waals surface area (Å²) in [6.07, 6.45) is 44.6. The maximum atomic E-state index is 1.61. The normalized spacial score (nSPS) is 46.5. The second-order valence-electron chi connectivity index (χ2n) is 17.5. The summed E-state index contributed by atoms with van der Waals surface area (Å²) in [5.41, 5.74) is 0. The first kappa shape index (κ1) is 28.8. The van der Waals surface area contributed by atoms with Gasteiger partial charge in [0.25, 0.3) is 0 Å². The summed E-state index contributed by atoms with van der Waals surface area (Å²) < 4.78 is 0. The minimum atomic E-state index is 1.11. The van der Waals surface area contributed by atoms with Gasteiger partial charge in [-0.25, -0.2) is 0 Å². The van der Waals surface area contributed by atoms with Crippen LogP contribution in [0.25, 0.3) is 0 Å². The van der Waals surface area contributed by atoms with Crippen molar-refractivity contribution in [3.8, 4) is 0 Å². The molecular weight excluding hydrogens is 480 g/mol. The zero-order valence-corrected chi connectivity index (χ0v) is 26.7. The van der Waals surface area contributed by atoms with Crippen LogP contribution in [0.3, 0.4) is 0 Å². The molecule has 7 aliphatic carbocycles. The summed E-state index contributed by atoms with van der Waals surface area (Å²) in [5, 5.41) is 0. The van der Waals surface area contributed by atoms with Crippen molar-refractivity contribution < 1.29 is 0 Å². The van der Waals surface area contributed by atoms with Crippen LogP contribution in [-0.2, 0) is 0 Å². The molecule has 7 rings (SSSR count). The van der Waals surface area contributed by atoms with E-state index in [4.69, 9.17) is 0 Å². The molecule has 0 atom stereocenters. The fourth-order valence-electron chi connectivity index (χ4n) is 13.3. The van der Waals surface area contributed by atoms with E-state index in [0.29, 0.717) is 0 Å². The van der Waals surface area contributed by atoms with Crippen LogP contribution < -0.4 is 0 Å². The van der Waals surface area contributed by atoms with Crippen LogP contribution in [0, 0.1) is 71.0 Å². The summed E-state index contributed by atoms with van der Waals surface area (Å²) in [6, 6.07) is 0. The Hall–Kier alpha value is 0. The lowest BCUT2D eigenvalue weighted by atomic mass is 9.62. The first-order valence-electron chi connectivity index (χ1n) is 19.8. The fourth-order valence-corrected chi connectivity index (χ4v) is 13.3. The highest BCUT2D eigenvalue weighted by Gasteiger charge is 2.39. The molecule has 7 aliphatic rings. The lowest BCUT2D eigenvalue weighted by molar-refractivity contribution is 0.0716. The fraction of sp³-hybridized carbons (Fsp3) is 1.00. The van der Waals surface area contributed by atoms with Gasteiger partial charge in [-0.3, -0.25) is 0 Å². The van der Waals surface area contributed by atoms with E-state index < -0.39 is 0 Å². The van der Waals surface area contributed by atoms with Gasteiger partial charge in [0.1, 0.15) is 0 Å². The summed E-state index contributed by atoms with van der Waals surface area (Å²) >= 11 is 0. The first-order chi connectivity index (χ1) is 19.8. The van der Waals surface area contributed by atoms with Crippen LogP contribution in [0.4, 0.5) is 0 Å². The molecule has 0 aromatic rings. The number of hydrogen-bond donors (Lipinski definition) is 0. The zero-order chi connectivity index (χ0) is 26.7. The third kappa shape index (κ3) is 6.72. The standard InChI is InChI=1S/C40H68/c1-2-6-29(5-1)31-9-13-33(14-10-31)35-17-21-37(22-18-35)39-25-27-40(28-26-39)38-23-19-36(20-24-38)34-15-11-32(12-16-34)30-7-3-4-8-30/h29-40H,1-28H2. The molecule has 40 heavy (non-hydrogen) atoms. The minimum absolute atomic E-state index is 1.11. The Balaban J connectivity index is 0.779. The Kier molecular flexibility index (Phi) is 9.88. The van der Waals surface area contributed by atoms with Gasteiger partial charge in [0.2, 0.25) is 0 Å². The van der Waals surface area contributed by atoms with Crippen LogP contribution in [-0.4, -0.2) is 0 Å². The molecule has 7 fully saturated rings. The van der Waals surface area contributed by atoms with Crippen molar-refractivity contribution in [2.45, 2.75) is 180 Å². The van der Waals surface area contributed by atoms with Crippen molar-refractivity contribution in [1.82, 2.24) is 0 Å². The van der Waals surface area contributed by atoms with E-state index >= 15 is 0 Å². The molecule has 0 radical (unpaired) electrons. The molecule has 0 heterocycles. The van der Waals surface area contributed by atoms with Gasteiger partial charge in [0.05, 0.1) is 0 Å². The van der Waals surface area contributed by atoms with Gasteiger partial charge in [-0.1, -0.05) is 51.4 Å². The monoisotopic (exact) mass is 549 g/mol. The van der Waals surface area contributed by atoms with Crippen molar-refractivity contribution in [2.75, 3.05) is 0 Å². The van der Waals surface area contributed by atoms with Crippen LogP contribution in [0.5, 0.6) is 0 Å². The van der Waals surface area contributed by atoms with Gasteiger partial charge >= 0.3 is 0 Å². The molecule has 0 amide bonds. The minimum Gasteiger partial charge on any atom is -0.0530 e. The Morgan fingerprint density at radius 1 is 0.125 bits per heavy atom. The highest BCUT2D eigenvalue weighted by molar-refractivity contribution is 4.90. The largest absolute Gasteiger partial charge is 0.0530 e. The van der Waals surface area contributed by atoms with Crippen LogP contribution in [0.15, 0.2) is 0 Å². The maximum absolute atomic E-state index is 1.61. The average Bonchev–Trinajstić information content (AvgIpc) is 3.78. The Morgan fingerprint density at radius 2 is 0.225 bits per heavy atom. The highest BCUT2D eigenvalue weighted by atomic mass is 14.4. The van der Waals surface area contributed by atoms with Gasteiger partial charge < -0.3 is 0 Å². The lowest BCUT2D eigenvalue weighted by Crippen LogP contribution is -2.33. The summed E-state index contributed by atoms with van der Waals surface area (Å²) in [4.78, 5) is 0. The molecule has 0 N–H and O–H groups in total. The van der Waals surface area contributed by atoms with Crippen molar-refractivity contribution in [3.05, 3.63) is 0 Å². The van der Waals surface area contributed by atoms with Crippen molar-refractivity contribution in [1.29, 1.82) is 0 Å². The number of rotatable bonds is 6. The van der Waals surface area contributed by atoms with Gasteiger partial charge in [-0.2, -0.15) is 0 Å². The van der Waals surface area contributed by atoms with Crippen LogP contribution in [0.1, 0.15) is 180 Å². The van der Waals surface area contributed by atoms with Crippen LogP contribution in [0.2, 0.25) is 0 Å². The molecule has 0 heteroatoms. The number of hydrogen-bond acceptors (Lipinski definition) is 0. The molecule has 0 aliphatic heterocycles. The van der Waals surface area contributed by atoms with E-state index in [1.54, 1.807) is 180 Å². The summed E-state index contributed by atoms with van der Waals surface area (Å²) in [7, 11) is 0. The molecule has 0 aromatic heterocycles. The van der Waals surface area contributed by atoms with Gasteiger partial charge in [0.15, 0.2) is 0 Å². The molecule has 0 saturated heterocycles. The van der Waals surface area contributed by atoms with E-state index in [1.807, 2.05) is 0 Å². The molecule has 7 saturated carbocycles. The topological polar surface area (TPSA) is 0 Å². The molecule has 0 aromatic carbocycles.